The Balaban J connectivity index is 1.87. The lowest BCUT2D eigenvalue weighted by molar-refractivity contribution is 0.00707. The van der Waals surface area contributed by atoms with E-state index in [2.05, 4.69) is 4.98 Å². The van der Waals surface area contributed by atoms with E-state index in [1.54, 1.807) is 20.3 Å². The summed E-state index contributed by atoms with van der Waals surface area (Å²) in [5.74, 6) is 1.36. The molecule has 1 fully saturated rings. The van der Waals surface area contributed by atoms with E-state index in [0.717, 1.165) is 30.3 Å². The number of fused-ring (bicyclic) bond motifs is 1. The molecule has 2 aromatic rings. The molecule has 1 N–H and O–H groups in total. The maximum atomic E-state index is 12.8. The van der Waals surface area contributed by atoms with Crippen molar-refractivity contribution in [3.05, 3.63) is 23.9 Å². The minimum absolute atomic E-state index is 0.00313. The molecule has 6 heteroatoms. The van der Waals surface area contributed by atoms with Crippen molar-refractivity contribution >= 4 is 16.8 Å². The van der Waals surface area contributed by atoms with E-state index in [9.17, 15) is 4.79 Å². The maximum Gasteiger partial charge on any atom is 0.270 e. The summed E-state index contributed by atoms with van der Waals surface area (Å²) in [6.07, 6.45) is 2.11. The summed E-state index contributed by atoms with van der Waals surface area (Å²) in [6.45, 7) is 4.06. The van der Waals surface area contributed by atoms with Crippen LogP contribution in [-0.4, -0.2) is 55.8 Å². The van der Waals surface area contributed by atoms with Gasteiger partial charge in [-0.1, -0.05) is 0 Å². The predicted octanol–water partition coefficient (Wildman–Crippen LogP) is 2.83. The molecule has 6 nitrogen and oxygen atoms in total. The summed E-state index contributed by atoms with van der Waals surface area (Å²) in [5, 5.41) is 0.896. The fourth-order valence-corrected chi connectivity index (χ4v) is 3.24. The smallest absolute Gasteiger partial charge is 0.270 e. The Morgan fingerprint density at radius 2 is 2.12 bits per heavy atom. The number of carbonyl (C=O) groups is 1. The first-order chi connectivity index (χ1) is 11.7. The van der Waals surface area contributed by atoms with Crippen LogP contribution in [-0.2, 0) is 4.74 Å². The number of likely N-dealkylation sites (tertiary alicyclic amines) is 1. The molecule has 1 atom stereocenters. The zero-order valence-corrected chi connectivity index (χ0v) is 14.4. The second-order valence-corrected chi connectivity index (χ2v) is 5.95. The molecule has 1 aromatic carbocycles. The summed E-state index contributed by atoms with van der Waals surface area (Å²) < 4.78 is 16.4. The molecule has 24 heavy (non-hydrogen) atoms. The molecule has 1 saturated heterocycles. The zero-order chi connectivity index (χ0) is 17.1. The number of aromatic amines is 1. The van der Waals surface area contributed by atoms with Crippen LogP contribution in [0.15, 0.2) is 18.2 Å². The van der Waals surface area contributed by atoms with Gasteiger partial charge in [0.05, 0.1) is 25.8 Å². The molecule has 0 radical (unpaired) electrons. The topological polar surface area (TPSA) is 63.8 Å². The SMILES string of the molecule is CCO[C@@H]1CCCN(C(=O)c2cc3cc(OC)cc(OC)c3[nH]2)C1. The minimum Gasteiger partial charge on any atom is -0.497 e. The number of carbonyl (C=O) groups excluding carboxylic acids is 1. The first-order valence-electron chi connectivity index (χ1n) is 8.31. The number of piperidine rings is 1. The molecule has 0 bridgehead atoms. The number of nitrogens with zero attached hydrogens (tertiary/aromatic N) is 1. The maximum absolute atomic E-state index is 12.8. The number of hydrogen-bond donors (Lipinski definition) is 1. The van der Waals surface area contributed by atoms with Gasteiger partial charge in [0.15, 0.2) is 0 Å². The molecule has 1 aliphatic rings. The molecule has 3 rings (SSSR count). The first kappa shape index (κ1) is 16.6. The highest BCUT2D eigenvalue weighted by atomic mass is 16.5. The van der Waals surface area contributed by atoms with Gasteiger partial charge < -0.3 is 24.1 Å². The van der Waals surface area contributed by atoms with Crippen LogP contribution in [0.1, 0.15) is 30.3 Å². The van der Waals surface area contributed by atoms with Gasteiger partial charge in [-0.25, -0.2) is 0 Å². The van der Waals surface area contributed by atoms with E-state index in [1.807, 2.05) is 24.0 Å². The van der Waals surface area contributed by atoms with Gasteiger partial charge in [-0.05, 0) is 31.9 Å². The molecule has 130 valence electrons. The number of amides is 1. The molecule has 1 amide bonds. The molecule has 1 aromatic heterocycles. The van der Waals surface area contributed by atoms with Crippen LogP contribution in [0.25, 0.3) is 10.9 Å². The third-order valence-electron chi connectivity index (χ3n) is 4.42. The van der Waals surface area contributed by atoms with E-state index in [4.69, 9.17) is 14.2 Å². The highest BCUT2D eigenvalue weighted by molar-refractivity contribution is 6.00. The summed E-state index contributed by atoms with van der Waals surface area (Å²) in [7, 11) is 3.22. The Hall–Kier alpha value is -2.21. The van der Waals surface area contributed by atoms with Gasteiger partial charge in [-0.15, -0.1) is 0 Å². The number of aromatic nitrogens is 1. The van der Waals surface area contributed by atoms with Gasteiger partial charge in [0.2, 0.25) is 0 Å². The molecule has 0 spiro atoms. The Bertz CT molecular complexity index is 723. The van der Waals surface area contributed by atoms with Crippen molar-refractivity contribution in [2.45, 2.75) is 25.9 Å². The van der Waals surface area contributed by atoms with Gasteiger partial charge >= 0.3 is 0 Å². The van der Waals surface area contributed by atoms with Crippen molar-refractivity contribution in [1.82, 2.24) is 9.88 Å². The third-order valence-corrected chi connectivity index (χ3v) is 4.42. The lowest BCUT2D eigenvalue weighted by Crippen LogP contribution is -2.43. The Morgan fingerprint density at radius 1 is 1.29 bits per heavy atom. The van der Waals surface area contributed by atoms with Gasteiger partial charge in [-0.3, -0.25) is 4.79 Å². The largest absolute Gasteiger partial charge is 0.497 e. The van der Waals surface area contributed by atoms with E-state index in [-0.39, 0.29) is 12.0 Å². The van der Waals surface area contributed by atoms with Crippen molar-refractivity contribution < 1.29 is 19.0 Å². The average molecular weight is 332 g/mol. The predicted molar refractivity (Wildman–Crippen MR) is 92.0 cm³/mol. The number of nitrogens with one attached hydrogen (secondary N) is 1. The average Bonchev–Trinajstić information content (AvgIpc) is 3.04. The zero-order valence-electron chi connectivity index (χ0n) is 14.4. The van der Waals surface area contributed by atoms with E-state index in [0.29, 0.717) is 30.3 Å². The Kier molecular flexibility index (Phi) is 4.94. The normalized spacial score (nSPS) is 18.0. The number of rotatable bonds is 5. The van der Waals surface area contributed by atoms with Crippen LogP contribution in [0.3, 0.4) is 0 Å². The molecule has 0 unspecified atom stereocenters. The Labute approximate surface area is 141 Å². The molecule has 1 aliphatic heterocycles. The summed E-state index contributed by atoms with van der Waals surface area (Å²) in [4.78, 5) is 17.9. The highest BCUT2D eigenvalue weighted by Gasteiger charge is 2.26. The van der Waals surface area contributed by atoms with Crippen LogP contribution in [0.5, 0.6) is 11.5 Å². The van der Waals surface area contributed by atoms with Crippen LogP contribution in [0.2, 0.25) is 0 Å². The molecular weight excluding hydrogens is 308 g/mol. The van der Waals surface area contributed by atoms with E-state index < -0.39 is 0 Å². The second-order valence-electron chi connectivity index (χ2n) is 5.95. The van der Waals surface area contributed by atoms with Gasteiger partial charge in [0, 0.05) is 31.1 Å². The van der Waals surface area contributed by atoms with Crippen molar-refractivity contribution in [3.8, 4) is 11.5 Å². The quantitative estimate of drug-likeness (QED) is 0.914. The molecule has 0 saturated carbocycles. The van der Waals surface area contributed by atoms with Crippen LogP contribution >= 0.6 is 0 Å². The first-order valence-corrected chi connectivity index (χ1v) is 8.31. The molecular formula is C18H24N2O4. The van der Waals surface area contributed by atoms with E-state index in [1.165, 1.54) is 0 Å². The van der Waals surface area contributed by atoms with Crippen LogP contribution in [0, 0.1) is 0 Å². The van der Waals surface area contributed by atoms with Gasteiger partial charge in [0.25, 0.3) is 5.91 Å². The number of methoxy groups -OCH3 is 2. The second kappa shape index (κ2) is 7.13. The third kappa shape index (κ3) is 3.19. The monoisotopic (exact) mass is 332 g/mol. The van der Waals surface area contributed by atoms with Crippen molar-refractivity contribution in [1.29, 1.82) is 0 Å². The lowest BCUT2D eigenvalue weighted by Gasteiger charge is -2.32. The summed E-state index contributed by atoms with van der Waals surface area (Å²) in [5.41, 5.74) is 1.37. The fourth-order valence-electron chi connectivity index (χ4n) is 3.24. The fraction of sp³-hybridized carbons (Fsp3) is 0.500. The molecule has 0 aliphatic carbocycles. The minimum atomic E-state index is -0.00313. The number of benzene rings is 1. The van der Waals surface area contributed by atoms with Gasteiger partial charge in [-0.2, -0.15) is 0 Å². The number of hydrogen-bond acceptors (Lipinski definition) is 4. The Morgan fingerprint density at radius 3 is 2.83 bits per heavy atom. The summed E-state index contributed by atoms with van der Waals surface area (Å²) >= 11 is 0. The van der Waals surface area contributed by atoms with Crippen LogP contribution in [0.4, 0.5) is 0 Å². The summed E-state index contributed by atoms with van der Waals surface area (Å²) in [6, 6.07) is 5.55. The van der Waals surface area contributed by atoms with Crippen molar-refractivity contribution in [2.24, 2.45) is 0 Å². The molecule has 2 heterocycles. The van der Waals surface area contributed by atoms with Crippen LogP contribution < -0.4 is 9.47 Å². The lowest BCUT2D eigenvalue weighted by atomic mass is 10.1. The van der Waals surface area contributed by atoms with Gasteiger partial charge in [0.1, 0.15) is 17.2 Å². The highest BCUT2D eigenvalue weighted by Crippen LogP contribution is 2.31. The van der Waals surface area contributed by atoms with E-state index >= 15 is 0 Å². The standard InChI is InChI=1S/C18H24N2O4/c1-4-24-13-6-5-7-20(11-13)18(21)15-9-12-8-14(22-2)10-16(23-3)17(12)19-15/h8-10,13,19H,4-7,11H2,1-3H3/t13-/m1/s1. The van der Waals surface area contributed by atoms with Crippen molar-refractivity contribution in [2.75, 3.05) is 33.9 Å². The van der Waals surface area contributed by atoms with Crippen molar-refractivity contribution in [3.63, 3.8) is 0 Å². The number of H-pyrrole nitrogens is 1. The number of ether oxygens (including phenoxy) is 3.